The van der Waals surface area contributed by atoms with E-state index in [1.54, 1.807) is 7.11 Å². The molecule has 1 aliphatic rings. The molecule has 0 aromatic rings. The SMILES string of the molecule is CCC1(C(=O)O)CCCN1C(=O)NCC(C)(C)CCOC. The molecule has 6 nitrogen and oxygen atoms in total. The second-order valence-corrected chi connectivity index (χ2v) is 6.51. The van der Waals surface area contributed by atoms with Gasteiger partial charge in [0, 0.05) is 26.8 Å². The third kappa shape index (κ3) is 4.09. The molecule has 1 rings (SSSR count). The van der Waals surface area contributed by atoms with Crippen molar-refractivity contribution < 1.29 is 19.4 Å². The van der Waals surface area contributed by atoms with Crippen molar-refractivity contribution in [3.8, 4) is 0 Å². The summed E-state index contributed by atoms with van der Waals surface area (Å²) >= 11 is 0. The Kier molecular flexibility index (Phi) is 6.01. The standard InChI is InChI=1S/C15H28N2O4/c1-5-15(12(18)19)7-6-9-17(15)13(20)16-11-14(2,3)8-10-21-4/h5-11H2,1-4H3,(H,16,20)(H,18,19). The van der Waals surface area contributed by atoms with Crippen molar-refractivity contribution in [2.45, 2.75) is 52.0 Å². The van der Waals surface area contributed by atoms with Gasteiger partial charge in [0.25, 0.3) is 0 Å². The van der Waals surface area contributed by atoms with Gasteiger partial charge in [0.15, 0.2) is 0 Å². The van der Waals surface area contributed by atoms with Crippen LogP contribution in [-0.4, -0.2) is 54.4 Å². The van der Waals surface area contributed by atoms with Crippen LogP contribution in [0.1, 0.15) is 46.5 Å². The monoisotopic (exact) mass is 300 g/mol. The predicted octanol–water partition coefficient (Wildman–Crippen LogP) is 2.09. The third-order valence-corrected chi connectivity index (χ3v) is 4.42. The first-order valence-corrected chi connectivity index (χ1v) is 7.57. The number of aliphatic carboxylic acids is 1. The van der Waals surface area contributed by atoms with Crippen molar-refractivity contribution in [1.82, 2.24) is 10.2 Å². The lowest BCUT2D eigenvalue weighted by atomic mass is 9.89. The van der Waals surface area contributed by atoms with Gasteiger partial charge in [-0.05, 0) is 31.1 Å². The Hall–Kier alpha value is -1.30. The molecule has 1 unspecified atom stereocenters. The van der Waals surface area contributed by atoms with Gasteiger partial charge in [0.2, 0.25) is 0 Å². The zero-order valence-electron chi connectivity index (χ0n) is 13.6. The van der Waals surface area contributed by atoms with Gasteiger partial charge < -0.3 is 20.1 Å². The minimum absolute atomic E-state index is 0.0799. The largest absolute Gasteiger partial charge is 0.479 e. The first-order chi connectivity index (χ1) is 9.79. The number of amides is 2. The Morgan fingerprint density at radius 1 is 1.43 bits per heavy atom. The van der Waals surface area contributed by atoms with Crippen LogP contribution in [0, 0.1) is 5.41 Å². The van der Waals surface area contributed by atoms with Gasteiger partial charge in [0.1, 0.15) is 5.54 Å². The zero-order chi connectivity index (χ0) is 16.1. The highest BCUT2D eigenvalue weighted by Gasteiger charge is 2.48. The average Bonchev–Trinajstić information content (AvgIpc) is 2.88. The summed E-state index contributed by atoms with van der Waals surface area (Å²) < 4.78 is 5.07. The molecule has 0 bridgehead atoms. The molecule has 0 aromatic heterocycles. The van der Waals surface area contributed by atoms with Gasteiger partial charge in [-0.25, -0.2) is 9.59 Å². The van der Waals surface area contributed by atoms with Crippen LogP contribution in [0.2, 0.25) is 0 Å². The molecule has 21 heavy (non-hydrogen) atoms. The molecule has 1 fully saturated rings. The van der Waals surface area contributed by atoms with Gasteiger partial charge >= 0.3 is 12.0 Å². The molecule has 6 heteroatoms. The summed E-state index contributed by atoms with van der Waals surface area (Å²) in [6, 6.07) is -0.276. The number of carbonyl (C=O) groups is 2. The van der Waals surface area contributed by atoms with E-state index in [4.69, 9.17) is 4.74 Å². The number of carboxylic acids is 1. The number of carboxylic acid groups (broad SMARTS) is 1. The lowest BCUT2D eigenvalue weighted by Gasteiger charge is -2.35. The van der Waals surface area contributed by atoms with E-state index in [9.17, 15) is 14.7 Å². The predicted molar refractivity (Wildman–Crippen MR) is 80.3 cm³/mol. The van der Waals surface area contributed by atoms with E-state index in [0.29, 0.717) is 32.5 Å². The maximum Gasteiger partial charge on any atom is 0.329 e. The normalized spacial score (nSPS) is 22.4. The Morgan fingerprint density at radius 3 is 2.62 bits per heavy atom. The van der Waals surface area contributed by atoms with Crippen LogP contribution in [0.15, 0.2) is 0 Å². The van der Waals surface area contributed by atoms with E-state index < -0.39 is 11.5 Å². The summed E-state index contributed by atoms with van der Waals surface area (Å²) in [6.45, 7) is 7.58. The fourth-order valence-corrected chi connectivity index (χ4v) is 2.79. The number of hydrogen-bond acceptors (Lipinski definition) is 3. The Balaban J connectivity index is 2.64. The van der Waals surface area contributed by atoms with Crippen LogP contribution < -0.4 is 5.32 Å². The van der Waals surface area contributed by atoms with Crippen LogP contribution in [0.4, 0.5) is 4.79 Å². The maximum absolute atomic E-state index is 12.4. The minimum Gasteiger partial charge on any atom is -0.479 e. The average molecular weight is 300 g/mol. The quantitative estimate of drug-likeness (QED) is 0.754. The number of urea groups is 1. The van der Waals surface area contributed by atoms with E-state index in [-0.39, 0.29) is 11.4 Å². The molecular formula is C15H28N2O4. The van der Waals surface area contributed by atoms with Gasteiger partial charge in [-0.3, -0.25) is 0 Å². The highest BCUT2D eigenvalue weighted by molar-refractivity contribution is 5.87. The molecule has 1 saturated heterocycles. The number of likely N-dealkylation sites (tertiary alicyclic amines) is 1. The lowest BCUT2D eigenvalue weighted by molar-refractivity contribution is -0.148. The number of carbonyl (C=O) groups excluding carboxylic acids is 1. The van der Waals surface area contributed by atoms with E-state index in [1.807, 2.05) is 6.92 Å². The number of nitrogens with one attached hydrogen (secondary N) is 1. The molecule has 0 aliphatic carbocycles. The van der Waals surface area contributed by atoms with E-state index in [2.05, 4.69) is 19.2 Å². The number of rotatable bonds is 7. The molecule has 0 saturated carbocycles. The lowest BCUT2D eigenvalue weighted by Crippen LogP contribution is -2.56. The fraction of sp³-hybridized carbons (Fsp3) is 0.867. The Bertz CT molecular complexity index is 384. The summed E-state index contributed by atoms with van der Waals surface area (Å²) in [5.74, 6) is -0.906. The second-order valence-electron chi connectivity index (χ2n) is 6.51. The fourth-order valence-electron chi connectivity index (χ4n) is 2.79. The van der Waals surface area contributed by atoms with Crippen molar-refractivity contribution >= 4 is 12.0 Å². The Morgan fingerprint density at radius 2 is 2.10 bits per heavy atom. The summed E-state index contributed by atoms with van der Waals surface area (Å²) in [4.78, 5) is 25.4. The number of nitrogens with zero attached hydrogens (tertiary/aromatic N) is 1. The highest BCUT2D eigenvalue weighted by atomic mass is 16.5. The van der Waals surface area contributed by atoms with Gasteiger partial charge in [-0.1, -0.05) is 20.8 Å². The number of ether oxygens (including phenoxy) is 1. The molecule has 1 aliphatic heterocycles. The van der Waals surface area contributed by atoms with Crippen LogP contribution in [0.5, 0.6) is 0 Å². The highest BCUT2D eigenvalue weighted by Crippen LogP contribution is 2.33. The van der Waals surface area contributed by atoms with Gasteiger partial charge in [-0.2, -0.15) is 0 Å². The van der Waals surface area contributed by atoms with Gasteiger partial charge in [0.05, 0.1) is 0 Å². The number of methoxy groups -OCH3 is 1. The van der Waals surface area contributed by atoms with Crippen LogP contribution in [-0.2, 0) is 9.53 Å². The van der Waals surface area contributed by atoms with E-state index >= 15 is 0 Å². The van der Waals surface area contributed by atoms with Crippen LogP contribution >= 0.6 is 0 Å². The summed E-state index contributed by atoms with van der Waals surface area (Å²) in [5, 5.41) is 12.4. The molecular weight excluding hydrogens is 272 g/mol. The van der Waals surface area contributed by atoms with Crippen molar-refractivity contribution in [3.63, 3.8) is 0 Å². The second kappa shape index (κ2) is 7.11. The molecule has 1 atom stereocenters. The minimum atomic E-state index is -1.04. The first kappa shape index (κ1) is 17.8. The first-order valence-electron chi connectivity index (χ1n) is 7.57. The van der Waals surface area contributed by atoms with Crippen molar-refractivity contribution in [2.24, 2.45) is 5.41 Å². The Labute approximate surface area is 126 Å². The molecule has 122 valence electrons. The van der Waals surface area contributed by atoms with E-state index in [0.717, 1.165) is 12.8 Å². The van der Waals surface area contributed by atoms with Crippen molar-refractivity contribution in [1.29, 1.82) is 0 Å². The summed E-state index contributed by atoms with van der Waals surface area (Å²) in [7, 11) is 1.65. The molecule has 1 heterocycles. The van der Waals surface area contributed by atoms with Crippen molar-refractivity contribution in [3.05, 3.63) is 0 Å². The summed E-state index contributed by atoms with van der Waals surface area (Å²) in [6.07, 6.45) is 2.53. The van der Waals surface area contributed by atoms with Gasteiger partial charge in [-0.15, -0.1) is 0 Å². The van der Waals surface area contributed by atoms with Crippen LogP contribution in [0.25, 0.3) is 0 Å². The topological polar surface area (TPSA) is 78.9 Å². The zero-order valence-corrected chi connectivity index (χ0v) is 13.6. The molecule has 0 aromatic carbocycles. The van der Waals surface area contributed by atoms with Crippen molar-refractivity contribution in [2.75, 3.05) is 26.8 Å². The molecule has 0 radical (unpaired) electrons. The smallest absolute Gasteiger partial charge is 0.329 e. The molecule has 0 spiro atoms. The van der Waals surface area contributed by atoms with E-state index in [1.165, 1.54) is 4.90 Å². The molecule has 2 N–H and O–H groups in total. The third-order valence-electron chi connectivity index (χ3n) is 4.42. The summed E-state index contributed by atoms with van der Waals surface area (Å²) in [5.41, 5.74) is -1.12. The molecule has 2 amide bonds. The van der Waals surface area contributed by atoms with Crippen LogP contribution in [0.3, 0.4) is 0 Å². The maximum atomic E-state index is 12.4. The number of hydrogen-bond donors (Lipinski definition) is 2.